The molecular weight excluding hydrogens is 414 g/mol. The highest BCUT2D eigenvalue weighted by atomic mass is 32.1. The summed E-state index contributed by atoms with van der Waals surface area (Å²) in [6, 6.07) is 6.82. The van der Waals surface area contributed by atoms with Crippen molar-refractivity contribution in [2.45, 2.75) is 32.7 Å². The summed E-state index contributed by atoms with van der Waals surface area (Å²) >= 11 is 1.37. The number of urea groups is 1. The van der Waals surface area contributed by atoms with Crippen LogP contribution in [0.15, 0.2) is 36.4 Å². The number of fused-ring (bicyclic) bond motifs is 5. The van der Waals surface area contributed by atoms with Crippen LogP contribution >= 0.6 is 11.3 Å². The molecule has 1 aromatic carbocycles. The molecule has 31 heavy (non-hydrogen) atoms. The van der Waals surface area contributed by atoms with Crippen LogP contribution in [0.2, 0.25) is 0 Å². The summed E-state index contributed by atoms with van der Waals surface area (Å²) in [5.74, 6) is -0.182. The Bertz CT molecular complexity index is 1030. The van der Waals surface area contributed by atoms with E-state index >= 15 is 0 Å². The van der Waals surface area contributed by atoms with Gasteiger partial charge >= 0.3 is 6.03 Å². The second-order valence-corrected chi connectivity index (χ2v) is 9.30. The first kappa shape index (κ1) is 19.9. The lowest BCUT2D eigenvalue weighted by Gasteiger charge is -2.17. The Kier molecular flexibility index (Phi) is 5.05. The van der Waals surface area contributed by atoms with Crippen LogP contribution in [0.5, 0.6) is 0 Å². The number of nitrogens with zero attached hydrogens (tertiary/aromatic N) is 3. The number of aryl methyl sites for hydroxylation is 1. The topological polar surface area (TPSA) is 104 Å². The summed E-state index contributed by atoms with van der Waals surface area (Å²) in [5.41, 5.74) is 1.46. The molecule has 3 aliphatic rings. The molecule has 2 heterocycles. The fourth-order valence-corrected chi connectivity index (χ4v) is 5.70. The maximum Gasteiger partial charge on any atom is 0.321 e. The number of hydrogen-bond acceptors (Lipinski definition) is 6. The normalized spacial score (nSPS) is 25.9. The lowest BCUT2D eigenvalue weighted by molar-refractivity contribution is -0.123. The number of aromatic nitrogens is 2. The van der Waals surface area contributed by atoms with Gasteiger partial charge in [-0.15, -0.1) is 10.2 Å². The summed E-state index contributed by atoms with van der Waals surface area (Å²) in [6.07, 6.45) is 6.92. The van der Waals surface area contributed by atoms with Crippen molar-refractivity contribution >= 4 is 40.0 Å². The minimum Gasteiger partial charge on any atom is -0.334 e. The van der Waals surface area contributed by atoms with Crippen LogP contribution in [0.4, 0.5) is 15.6 Å². The van der Waals surface area contributed by atoms with E-state index < -0.39 is 0 Å². The Labute approximate surface area is 183 Å². The molecule has 2 fully saturated rings. The molecule has 1 saturated heterocycles. The third kappa shape index (κ3) is 3.52. The van der Waals surface area contributed by atoms with Crippen molar-refractivity contribution in [1.82, 2.24) is 15.5 Å². The molecule has 2 aliphatic carbocycles. The second-order valence-electron chi connectivity index (χ2n) is 8.24. The average Bonchev–Trinajstić information content (AvgIpc) is 3.53. The van der Waals surface area contributed by atoms with E-state index in [-0.39, 0.29) is 41.5 Å². The summed E-state index contributed by atoms with van der Waals surface area (Å²) in [4.78, 5) is 39.2. The van der Waals surface area contributed by atoms with Crippen LogP contribution < -0.4 is 15.5 Å². The van der Waals surface area contributed by atoms with Crippen molar-refractivity contribution < 1.29 is 14.4 Å². The van der Waals surface area contributed by atoms with Gasteiger partial charge in [-0.3, -0.25) is 19.8 Å². The number of hydrogen-bond donors (Lipinski definition) is 2. The first-order chi connectivity index (χ1) is 15.0. The van der Waals surface area contributed by atoms with E-state index in [1.54, 1.807) is 12.1 Å². The smallest absolute Gasteiger partial charge is 0.321 e. The Balaban J connectivity index is 1.18. The van der Waals surface area contributed by atoms with Crippen molar-refractivity contribution in [3.63, 3.8) is 0 Å². The van der Waals surface area contributed by atoms with E-state index in [0.29, 0.717) is 17.4 Å². The van der Waals surface area contributed by atoms with Crippen LogP contribution in [-0.4, -0.2) is 28.0 Å². The summed E-state index contributed by atoms with van der Waals surface area (Å²) < 4.78 is 0. The van der Waals surface area contributed by atoms with Crippen LogP contribution in [-0.2, 0) is 22.6 Å². The number of allylic oxidation sites excluding steroid dienone is 2. The third-order valence-corrected chi connectivity index (χ3v) is 7.17. The van der Waals surface area contributed by atoms with Crippen LogP contribution in [0.1, 0.15) is 30.3 Å². The predicted octanol–water partition coefficient (Wildman–Crippen LogP) is 3.12. The molecule has 8 nitrogen and oxygen atoms in total. The van der Waals surface area contributed by atoms with Crippen LogP contribution in [0.3, 0.4) is 0 Å². The highest BCUT2D eigenvalue weighted by Gasteiger charge is 2.59. The van der Waals surface area contributed by atoms with Crippen LogP contribution in [0.25, 0.3) is 0 Å². The standard InChI is InChI=1S/C22H23N5O3S/c1-2-3-16-25-26-22(31-16)24-21(30)23-11-12-4-8-15(9-5-12)27-19(28)17-13-6-7-14(10-13)18(17)20(27)29/h4-9,13-14,17-18H,2-3,10-11H2,1H3,(H2,23,24,26,30). The lowest BCUT2D eigenvalue weighted by atomic mass is 9.85. The molecule has 0 spiro atoms. The van der Waals surface area contributed by atoms with Gasteiger partial charge in [-0.1, -0.05) is 42.5 Å². The zero-order valence-electron chi connectivity index (χ0n) is 17.1. The van der Waals surface area contributed by atoms with Crippen molar-refractivity contribution in [2.24, 2.45) is 23.7 Å². The molecule has 1 aromatic heterocycles. The SMILES string of the molecule is CCCc1nnc(NC(=O)NCc2ccc(N3C(=O)C4C5C=CC(C5)C4C3=O)cc2)s1. The number of carbonyl (C=O) groups excluding carboxylic acids is 3. The minimum atomic E-state index is -0.357. The van der Waals surface area contributed by atoms with E-state index in [2.05, 4.69) is 39.9 Å². The molecule has 1 aliphatic heterocycles. The summed E-state index contributed by atoms with van der Waals surface area (Å²) in [6.45, 7) is 2.38. The predicted molar refractivity (Wildman–Crippen MR) is 116 cm³/mol. The molecule has 4 atom stereocenters. The Morgan fingerprint density at radius 1 is 1.10 bits per heavy atom. The molecular formula is C22H23N5O3S. The highest BCUT2D eigenvalue weighted by molar-refractivity contribution is 7.15. The summed E-state index contributed by atoms with van der Waals surface area (Å²) in [7, 11) is 0. The Morgan fingerprint density at radius 3 is 2.42 bits per heavy atom. The molecule has 4 amide bonds. The van der Waals surface area contributed by atoms with Gasteiger partial charge in [0.05, 0.1) is 17.5 Å². The molecule has 0 radical (unpaired) electrons. The zero-order chi connectivity index (χ0) is 21.5. The van der Waals surface area contributed by atoms with Gasteiger partial charge in [-0.25, -0.2) is 4.79 Å². The molecule has 2 bridgehead atoms. The second kappa shape index (κ2) is 7.88. The monoisotopic (exact) mass is 437 g/mol. The molecule has 2 N–H and O–H groups in total. The Hall–Kier alpha value is -3.07. The van der Waals surface area contributed by atoms with Crippen molar-refractivity contribution in [3.05, 3.63) is 47.0 Å². The van der Waals surface area contributed by atoms with Crippen molar-refractivity contribution in [1.29, 1.82) is 0 Å². The van der Waals surface area contributed by atoms with Gasteiger partial charge in [0, 0.05) is 13.0 Å². The van der Waals surface area contributed by atoms with E-state index in [1.807, 2.05) is 12.1 Å². The molecule has 2 aromatic rings. The molecule has 5 rings (SSSR count). The number of rotatable bonds is 6. The van der Waals surface area contributed by atoms with Gasteiger partial charge in [0.15, 0.2) is 0 Å². The largest absolute Gasteiger partial charge is 0.334 e. The summed E-state index contributed by atoms with van der Waals surface area (Å²) in [5, 5.41) is 14.8. The fourth-order valence-electron chi connectivity index (χ4n) is 4.86. The molecule has 4 unspecified atom stereocenters. The Morgan fingerprint density at radius 2 is 1.77 bits per heavy atom. The van der Waals surface area contributed by atoms with Gasteiger partial charge in [0.25, 0.3) is 0 Å². The van der Waals surface area contributed by atoms with E-state index in [1.165, 1.54) is 16.2 Å². The quantitative estimate of drug-likeness (QED) is 0.534. The molecule has 9 heteroatoms. The fraction of sp³-hybridized carbons (Fsp3) is 0.409. The van der Waals surface area contributed by atoms with E-state index in [0.717, 1.165) is 29.8 Å². The van der Waals surface area contributed by atoms with Gasteiger partial charge in [0.2, 0.25) is 16.9 Å². The maximum absolute atomic E-state index is 12.9. The van der Waals surface area contributed by atoms with E-state index in [4.69, 9.17) is 0 Å². The van der Waals surface area contributed by atoms with Crippen molar-refractivity contribution in [2.75, 3.05) is 10.2 Å². The number of amides is 4. The zero-order valence-corrected chi connectivity index (χ0v) is 17.9. The minimum absolute atomic E-state index is 0.0865. The van der Waals surface area contributed by atoms with Gasteiger partial charge < -0.3 is 5.32 Å². The number of anilines is 2. The van der Waals surface area contributed by atoms with E-state index in [9.17, 15) is 14.4 Å². The number of benzene rings is 1. The molecule has 1 saturated carbocycles. The van der Waals surface area contributed by atoms with Crippen LogP contribution in [0, 0.1) is 23.7 Å². The third-order valence-electron chi connectivity index (χ3n) is 6.27. The number of imide groups is 1. The van der Waals surface area contributed by atoms with Gasteiger partial charge in [-0.05, 0) is 42.4 Å². The molecule has 160 valence electrons. The average molecular weight is 438 g/mol. The first-order valence-electron chi connectivity index (χ1n) is 10.6. The number of nitrogens with one attached hydrogen (secondary N) is 2. The van der Waals surface area contributed by atoms with Gasteiger partial charge in [-0.2, -0.15) is 0 Å². The van der Waals surface area contributed by atoms with Crippen molar-refractivity contribution in [3.8, 4) is 0 Å². The highest BCUT2D eigenvalue weighted by Crippen LogP contribution is 2.53. The van der Waals surface area contributed by atoms with Gasteiger partial charge in [0.1, 0.15) is 5.01 Å². The first-order valence-corrected chi connectivity index (χ1v) is 11.4. The maximum atomic E-state index is 12.9. The lowest BCUT2D eigenvalue weighted by Crippen LogP contribution is -2.32. The number of carbonyl (C=O) groups is 3.